The predicted molar refractivity (Wildman–Crippen MR) is 58.1 cm³/mol. The van der Waals surface area contributed by atoms with Crippen LogP contribution in [0.4, 0.5) is 0 Å². The van der Waals surface area contributed by atoms with Crippen molar-refractivity contribution in [2.75, 3.05) is 20.1 Å². The van der Waals surface area contributed by atoms with Crippen LogP contribution < -0.4 is 4.72 Å². The molecule has 0 saturated carbocycles. The number of carbonyl (C=O) groups is 1. The van der Waals surface area contributed by atoms with Crippen LogP contribution in [0.3, 0.4) is 0 Å². The summed E-state index contributed by atoms with van der Waals surface area (Å²) >= 11 is 0. The van der Waals surface area contributed by atoms with Crippen molar-refractivity contribution in [3.8, 4) is 0 Å². The van der Waals surface area contributed by atoms with E-state index in [-0.39, 0.29) is 19.5 Å². The third-order valence-corrected chi connectivity index (χ3v) is 3.25. The second-order valence-electron chi connectivity index (χ2n) is 4.10. The highest BCUT2D eigenvalue weighted by atomic mass is 32.2. The van der Waals surface area contributed by atoms with Crippen LogP contribution in [0.1, 0.15) is 20.3 Å². The fourth-order valence-electron chi connectivity index (χ4n) is 0.751. The molecule has 8 heteroatoms. The lowest BCUT2D eigenvalue weighted by Crippen LogP contribution is -2.45. The van der Waals surface area contributed by atoms with Crippen molar-refractivity contribution in [3.63, 3.8) is 0 Å². The van der Waals surface area contributed by atoms with E-state index < -0.39 is 21.8 Å². The predicted octanol–water partition coefficient (Wildman–Crippen LogP) is -1.00. The second kappa shape index (κ2) is 5.58. The number of aliphatic hydroxyl groups is 1. The molecule has 0 aliphatic rings. The number of carboxylic acid groups (broad SMARTS) is 1. The first-order valence-corrected chi connectivity index (χ1v) is 6.14. The van der Waals surface area contributed by atoms with Crippen LogP contribution >= 0.6 is 0 Å². The molecule has 0 aromatic heterocycles. The molecule has 0 atom stereocenters. The summed E-state index contributed by atoms with van der Waals surface area (Å²) in [6.45, 7) is 2.68. The van der Waals surface area contributed by atoms with Gasteiger partial charge in [0, 0.05) is 20.1 Å². The molecule has 0 amide bonds. The molecule has 96 valence electrons. The number of aliphatic carboxylic acids is 1. The SMILES string of the molecule is CN(CCC(=O)O)S(=O)(=O)NCC(C)(C)O. The van der Waals surface area contributed by atoms with Crippen molar-refractivity contribution < 1.29 is 23.4 Å². The van der Waals surface area contributed by atoms with Crippen LogP contribution in [0.2, 0.25) is 0 Å². The standard InChI is InChI=1S/C8H18N2O5S/c1-8(2,13)6-9-16(14,15)10(3)5-4-7(11)12/h9,13H,4-6H2,1-3H3,(H,11,12). The van der Waals surface area contributed by atoms with E-state index in [9.17, 15) is 18.3 Å². The molecule has 0 aromatic carbocycles. The molecule has 0 radical (unpaired) electrons. The Morgan fingerprint density at radius 3 is 2.31 bits per heavy atom. The number of nitrogens with zero attached hydrogens (tertiary/aromatic N) is 1. The van der Waals surface area contributed by atoms with Gasteiger partial charge in [-0.25, -0.2) is 0 Å². The van der Waals surface area contributed by atoms with Crippen LogP contribution in [0.5, 0.6) is 0 Å². The Morgan fingerprint density at radius 1 is 1.44 bits per heavy atom. The number of nitrogens with one attached hydrogen (secondary N) is 1. The van der Waals surface area contributed by atoms with E-state index in [0.717, 1.165) is 4.31 Å². The highest BCUT2D eigenvalue weighted by Gasteiger charge is 2.21. The number of hydrogen-bond donors (Lipinski definition) is 3. The molecule has 0 aliphatic carbocycles. The smallest absolute Gasteiger partial charge is 0.304 e. The van der Waals surface area contributed by atoms with Gasteiger partial charge >= 0.3 is 5.97 Å². The minimum absolute atomic E-state index is 0.115. The summed E-state index contributed by atoms with van der Waals surface area (Å²) in [5.41, 5.74) is -1.15. The summed E-state index contributed by atoms with van der Waals surface area (Å²) in [4.78, 5) is 10.3. The van der Waals surface area contributed by atoms with E-state index in [2.05, 4.69) is 4.72 Å². The van der Waals surface area contributed by atoms with Gasteiger partial charge < -0.3 is 10.2 Å². The molecule has 7 nitrogen and oxygen atoms in total. The zero-order chi connectivity index (χ0) is 13.0. The van der Waals surface area contributed by atoms with Crippen LogP contribution in [0.25, 0.3) is 0 Å². The van der Waals surface area contributed by atoms with Gasteiger partial charge in [-0.3, -0.25) is 4.79 Å². The molecule has 0 saturated heterocycles. The molecule has 0 aromatic rings. The van der Waals surface area contributed by atoms with Crippen molar-refractivity contribution >= 4 is 16.2 Å². The van der Waals surface area contributed by atoms with E-state index in [0.29, 0.717) is 0 Å². The Hall–Kier alpha value is -0.700. The third kappa shape index (κ3) is 6.72. The van der Waals surface area contributed by atoms with E-state index >= 15 is 0 Å². The molecule has 3 N–H and O–H groups in total. The van der Waals surface area contributed by atoms with Crippen molar-refractivity contribution in [2.24, 2.45) is 0 Å². The molecule has 16 heavy (non-hydrogen) atoms. The van der Waals surface area contributed by atoms with Gasteiger partial charge in [-0.15, -0.1) is 0 Å². The number of rotatable bonds is 7. The minimum atomic E-state index is -3.73. The van der Waals surface area contributed by atoms with Crippen molar-refractivity contribution in [1.82, 2.24) is 9.03 Å². The topological polar surface area (TPSA) is 107 Å². The summed E-state index contributed by atoms with van der Waals surface area (Å²) in [7, 11) is -2.46. The Labute approximate surface area is 95.2 Å². The molecule has 0 rings (SSSR count). The normalized spacial score (nSPS) is 13.1. The molecule has 0 bridgehead atoms. The molecular weight excluding hydrogens is 236 g/mol. The first kappa shape index (κ1) is 15.3. The maximum Gasteiger partial charge on any atom is 0.304 e. The largest absolute Gasteiger partial charge is 0.481 e. The van der Waals surface area contributed by atoms with Crippen LogP contribution in [0.15, 0.2) is 0 Å². The monoisotopic (exact) mass is 254 g/mol. The Balaban J connectivity index is 4.27. The minimum Gasteiger partial charge on any atom is -0.481 e. The maximum absolute atomic E-state index is 11.5. The van der Waals surface area contributed by atoms with Gasteiger partial charge in [0.05, 0.1) is 12.0 Å². The summed E-state index contributed by atoms with van der Waals surface area (Å²) in [6, 6.07) is 0. The lowest BCUT2D eigenvalue weighted by Gasteiger charge is -2.21. The fraction of sp³-hybridized carbons (Fsp3) is 0.875. The maximum atomic E-state index is 11.5. The van der Waals surface area contributed by atoms with Gasteiger partial charge in [-0.05, 0) is 13.8 Å². The summed E-state index contributed by atoms with van der Waals surface area (Å²) in [5.74, 6) is -1.07. The van der Waals surface area contributed by atoms with Crippen LogP contribution in [-0.2, 0) is 15.0 Å². The quantitative estimate of drug-likeness (QED) is 0.540. The molecular formula is C8H18N2O5S. The van der Waals surface area contributed by atoms with Gasteiger partial charge in [-0.2, -0.15) is 17.4 Å². The van der Waals surface area contributed by atoms with Gasteiger partial charge in [-0.1, -0.05) is 0 Å². The van der Waals surface area contributed by atoms with E-state index in [1.807, 2.05) is 0 Å². The lowest BCUT2D eigenvalue weighted by molar-refractivity contribution is -0.137. The van der Waals surface area contributed by atoms with Gasteiger partial charge in [0.1, 0.15) is 0 Å². The van der Waals surface area contributed by atoms with Crippen molar-refractivity contribution in [1.29, 1.82) is 0 Å². The van der Waals surface area contributed by atoms with E-state index in [1.165, 1.54) is 20.9 Å². The molecule has 0 heterocycles. The van der Waals surface area contributed by atoms with Gasteiger partial charge in [0.2, 0.25) is 0 Å². The average molecular weight is 254 g/mol. The Bertz CT molecular complexity index is 333. The summed E-state index contributed by atoms with van der Waals surface area (Å²) < 4.78 is 26.1. The summed E-state index contributed by atoms with van der Waals surface area (Å²) in [5, 5.41) is 17.7. The Morgan fingerprint density at radius 2 is 1.94 bits per heavy atom. The first-order valence-electron chi connectivity index (χ1n) is 4.70. The number of carboxylic acids is 1. The van der Waals surface area contributed by atoms with Crippen molar-refractivity contribution in [3.05, 3.63) is 0 Å². The zero-order valence-electron chi connectivity index (χ0n) is 9.60. The lowest BCUT2D eigenvalue weighted by atomic mass is 10.1. The average Bonchev–Trinajstić information content (AvgIpc) is 2.10. The molecule has 0 unspecified atom stereocenters. The van der Waals surface area contributed by atoms with E-state index in [1.54, 1.807) is 0 Å². The zero-order valence-corrected chi connectivity index (χ0v) is 10.4. The highest BCUT2D eigenvalue weighted by Crippen LogP contribution is 2.01. The molecule has 0 fully saturated rings. The van der Waals surface area contributed by atoms with Gasteiger partial charge in [0.25, 0.3) is 10.2 Å². The van der Waals surface area contributed by atoms with E-state index in [4.69, 9.17) is 5.11 Å². The molecule has 0 spiro atoms. The third-order valence-electron chi connectivity index (χ3n) is 1.74. The number of hydrogen-bond acceptors (Lipinski definition) is 4. The summed E-state index contributed by atoms with van der Waals surface area (Å²) in [6.07, 6.45) is -0.264. The van der Waals surface area contributed by atoms with Gasteiger partial charge in [0.15, 0.2) is 0 Å². The molecule has 0 aliphatic heterocycles. The van der Waals surface area contributed by atoms with Crippen LogP contribution in [-0.4, -0.2) is 54.6 Å². The first-order chi connectivity index (χ1) is 7.04. The highest BCUT2D eigenvalue weighted by molar-refractivity contribution is 7.87. The van der Waals surface area contributed by atoms with Crippen LogP contribution in [0, 0.1) is 0 Å². The fourth-order valence-corrected chi connectivity index (χ4v) is 1.84. The Kier molecular flexibility index (Phi) is 5.33. The second-order valence-corrected chi connectivity index (χ2v) is 5.97. The van der Waals surface area contributed by atoms with Crippen molar-refractivity contribution in [2.45, 2.75) is 25.9 Å².